The van der Waals surface area contributed by atoms with Gasteiger partial charge >= 0.3 is 0 Å². The van der Waals surface area contributed by atoms with Crippen LogP contribution in [0.4, 0.5) is 0 Å². The standard InChI is InChI=1S/C15H29N3O/c1-2-3-15-10-13(4-9-19-15)17-5-7-18(8-6-17)14-11-16-12-14/h13-16H,2-12H2,1H3. The molecule has 2 atom stereocenters. The van der Waals surface area contributed by atoms with Gasteiger partial charge in [-0.2, -0.15) is 0 Å². The molecule has 4 heteroatoms. The van der Waals surface area contributed by atoms with Crippen LogP contribution in [0.25, 0.3) is 0 Å². The molecule has 4 nitrogen and oxygen atoms in total. The highest BCUT2D eigenvalue weighted by Crippen LogP contribution is 2.23. The molecule has 0 aromatic heterocycles. The second-order valence-electron chi connectivity index (χ2n) is 6.34. The molecule has 0 aromatic carbocycles. The molecular weight excluding hydrogens is 238 g/mol. The molecule has 110 valence electrons. The highest BCUT2D eigenvalue weighted by Gasteiger charge is 2.32. The Morgan fingerprint density at radius 1 is 1.05 bits per heavy atom. The van der Waals surface area contributed by atoms with Gasteiger partial charge in [-0.15, -0.1) is 0 Å². The van der Waals surface area contributed by atoms with E-state index in [9.17, 15) is 0 Å². The van der Waals surface area contributed by atoms with Crippen LogP contribution in [-0.2, 0) is 4.74 Å². The van der Waals surface area contributed by atoms with Gasteiger partial charge in [-0.05, 0) is 19.3 Å². The minimum Gasteiger partial charge on any atom is -0.378 e. The Balaban J connectivity index is 1.44. The molecule has 2 unspecified atom stereocenters. The molecule has 3 fully saturated rings. The normalized spacial score (nSPS) is 35.2. The average molecular weight is 267 g/mol. The maximum Gasteiger partial charge on any atom is 0.0590 e. The second-order valence-corrected chi connectivity index (χ2v) is 6.34. The summed E-state index contributed by atoms with van der Waals surface area (Å²) in [6, 6.07) is 1.61. The van der Waals surface area contributed by atoms with E-state index in [1.54, 1.807) is 0 Å². The van der Waals surface area contributed by atoms with Crippen molar-refractivity contribution < 1.29 is 4.74 Å². The van der Waals surface area contributed by atoms with Crippen LogP contribution in [0.5, 0.6) is 0 Å². The van der Waals surface area contributed by atoms with Crippen molar-refractivity contribution in [2.24, 2.45) is 0 Å². The lowest BCUT2D eigenvalue weighted by Crippen LogP contribution is -2.62. The Kier molecular flexibility index (Phi) is 4.74. The summed E-state index contributed by atoms with van der Waals surface area (Å²) in [5.41, 5.74) is 0. The zero-order valence-corrected chi connectivity index (χ0v) is 12.3. The molecule has 0 amide bonds. The molecule has 3 rings (SSSR count). The van der Waals surface area contributed by atoms with E-state index in [2.05, 4.69) is 22.0 Å². The highest BCUT2D eigenvalue weighted by atomic mass is 16.5. The zero-order chi connectivity index (χ0) is 13.1. The van der Waals surface area contributed by atoms with Crippen molar-refractivity contribution in [3.63, 3.8) is 0 Å². The van der Waals surface area contributed by atoms with Gasteiger partial charge in [-0.1, -0.05) is 13.3 Å². The van der Waals surface area contributed by atoms with Crippen LogP contribution in [0.1, 0.15) is 32.6 Å². The average Bonchev–Trinajstić information content (AvgIpc) is 2.38. The van der Waals surface area contributed by atoms with E-state index in [1.807, 2.05) is 0 Å². The van der Waals surface area contributed by atoms with E-state index in [-0.39, 0.29) is 0 Å². The van der Waals surface area contributed by atoms with Gasteiger partial charge in [-0.3, -0.25) is 9.80 Å². The molecule has 0 saturated carbocycles. The van der Waals surface area contributed by atoms with Gasteiger partial charge in [0, 0.05) is 58.0 Å². The Morgan fingerprint density at radius 3 is 2.32 bits per heavy atom. The lowest BCUT2D eigenvalue weighted by Gasteiger charge is -2.46. The molecule has 0 spiro atoms. The summed E-state index contributed by atoms with van der Waals surface area (Å²) < 4.78 is 5.88. The largest absolute Gasteiger partial charge is 0.378 e. The Hall–Kier alpha value is -0.160. The van der Waals surface area contributed by atoms with Gasteiger partial charge in [-0.25, -0.2) is 0 Å². The third-order valence-electron chi connectivity index (χ3n) is 5.09. The molecule has 3 aliphatic rings. The Bertz CT molecular complexity index is 273. The summed E-state index contributed by atoms with van der Waals surface area (Å²) in [6.45, 7) is 10.7. The van der Waals surface area contributed by atoms with Gasteiger partial charge in [0.15, 0.2) is 0 Å². The number of hydrogen-bond donors (Lipinski definition) is 1. The third-order valence-corrected chi connectivity index (χ3v) is 5.09. The zero-order valence-electron chi connectivity index (χ0n) is 12.3. The van der Waals surface area contributed by atoms with Crippen molar-refractivity contribution in [3.05, 3.63) is 0 Å². The molecule has 0 bridgehead atoms. The summed E-state index contributed by atoms with van der Waals surface area (Å²) in [4.78, 5) is 5.41. The van der Waals surface area contributed by atoms with E-state index in [0.717, 1.165) is 18.7 Å². The summed E-state index contributed by atoms with van der Waals surface area (Å²) >= 11 is 0. The van der Waals surface area contributed by atoms with Crippen LogP contribution in [0.3, 0.4) is 0 Å². The van der Waals surface area contributed by atoms with Gasteiger partial charge < -0.3 is 10.1 Å². The molecular formula is C15H29N3O. The van der Waals surface area contributed by atoms with Crippen molar-refractivity contribution in [3.8, 4) is 0 Å². The van der Waals surface area contributed by atoms with Crippen LogP contribution in [0.2, 0.25) is 0 Å². The quantitative estimate of drug-likeness (QED) is 0.820. The Labute approximate surface area is 117 Å². The summed E-state index contributed by atoms with van der Waals surface area (Å²) in [6.07, 6.45) is 5.52. The first-order valence-corrected chi connectivity index (χ1v) is 8.17. The highest BCUT2D eigenvalue weighted by molar-refractivity contribution is 4.89. The maximum atomic E-state index is 5.88. The van der Waals surface area contributed by atoms with E-state index >= 15 is 0 Å². The second kappa shape index (κ2) is 6.53. The molecule has 1 N–H and O–H groups in total. The van der Waals surface area contributed by atoms with Crippen molar-refractivity contribution in [1.29, 1.82) is 0 Å². The maximum absolute atomic E-state index is 5.88. The fourth-order valence-corrected chi connectivity index (χ4v) is 3.71. The minimum atomic E-state index is 0.526. The van der Waals surface area contributed by atoms with Gasteiger partial charge in [0.05, 0.1) is 6.10 Å². The van der Waals surface area contributed by atoms with E-state index < -0.39 is 0 Å². The first kappa shape index (κ1) is 13.8. The van der Waals surface area contributed by atoms with Gasteiger partial charge in [0.2, 0.25) is 0 Å². The topological polar surface area (TPSA) is 27.7 Å². The molecule has 3 saturated heterocycles. The monoisotopic (exact) mass is 267 g/mol. The fourth-order valence-electron chi connectivity index (χ4n) is 3.71. The minimum absolute atomic E-state index is 0.526. The summed E-state index contributed by atoms with van der Waals surface area (Å²) in [5, 5.41) is 3.38. The van der Waals surface area contributed by atoms with Crippen molar-refractivity contribution in [1.82, 2.24) is 15.1 Å². The fraction of sp³-hybridized carbons (Fsp3) is 1.00. The summed E-state index contributed by atoms with van der Waals surface area (Å²) in [5.74, 6) is 0. The van der Waals surface area contributed by atoms with Crippen LogP contribution in [-0.4, -0.2) is 73.9 Å². The number of ether oxygens (including phenoxy) is 1. The first-order valence-electron chi connectivity index (χ1n) is 8.17. The third kappa shape index (κ3) is 3.30. The van der Waals surface area contributed by atoms with Crippen LogP contribution in [0, 0.1) is 0 Å². The molecule has 3 heterocycles. The Morgan fingerprint density at radius 2 is 1.74 bits per heavy atom. The van der Waals surface area contributed by atoms with Crippen LogP contribution in [0.15, 0.2) is 0 Å². The van der Waals surface area contributed by atoms with Crippen molar-refractivity contribution in [2.75, 3.05) is 45.9 Å². The summed E-state index contributed by atoms with van der Waals surface area (Å²) in [7, 11) is 0. The lowest BCUT2D eigenvalue weighted by molar-refractivity contribution is -0.0440. The smallest absolute Gasteiger partial charge is 0.0590 e. The number of piperazine rings is 1. The molecule has 3 aliphatic heterocycles. The van der Waals surface area contributed by atoms with Gasteiger partial charge in [0.1, 0.15) is 0 Å². The first-order chi connectivity index (χ1) is 9.36. The molecule has 0 radical (unpaired) electrons. The predicted octanol–water partition coefficient (Wildman–Crippen LogP) is 0.924. The van der Waals surface area contributed by atoms with Crippen molar-refractivity contribution in [2.45, 2.75) is 50.8 Å². The van der Waals surface area contributed by atoms with Crippen molar-refractivity contribution >= 4 is 0 Å². The number of rotatable bonds is 4. The molecule has 19 heavy (non-hydrogen) atoms. The van der Waals surface area contributed by atoms with E-state index in [4.69, 9.17) is 4.74 Å². The van der Waals surface area contributed by atoms with E-state index in [1.165, 1.54) is 65.0 Å². The predicted molar refractivity (Wildman–Crippen MR) is 77.5 cm³/mol. The van der Waals surface area contributed by atoms with Crippen LogP contribution >= 0.6 is 0 Å². The number of nitrogens with zero attached hydrogens (tertiary/aromatic N) is 2. The number of hydrogen-bond acceptors (Lipinski definition) is 4. The van der Waals surface area contributed by atoms with Crippen LogP contribution < -0.4 is 5.32 Å². The molecule has 0 aromatic rings. The lowest BCUT2D eigenvalue weighted by atomic mass is 9.98. The SMILES string of the molecule is CCCC1CC(N2CCN(C3CNC3)CC2)CCO1. The number of nitrogens with one attached hydrogen (secondary N) is 1. The molecule has 0 aliphatic carbocycles. The van der Waals surface area contributed by atoms with Gasteiger partial charge in [0.25, 0.3) is 0 Å². The van der Waals surface area contributed by atoms with E-state index in [0.29, 0.717) is 6.10 Å².